The lowest BCUT2D eigenvalue weighted by atomic mass is 10.3. The summed E-state index contributed by atoms with van der Waals surface area (Å²) in [5, 5.41) is 16.8. The molecular formula is C7H11N3O. The van der Waals surface area contributed by atoms with Crippen LogP contribution in [0.2, 0.25) is 0 Å². The van der Waals surface area contributed by atoms with Crippen molar-refractivity contribution < 1.29 is 5.11 Å². The number of aliphatic hydroxyl groups is 1. The van der Waals surface area contributed by atoms with Gasteiger partial charge in [-0.15, -0.1) is 5.10 Å². The van der Waals surface area contributed by atoms with Crippen LogP contribution in [0.15, 0.2) is 6.20 Å². The van der Waals surface area contributed by atoms with Crippen molar-refractivity contribution in [1.82, 2.24) is 15.0 Å². The summed E-state index contributed by atoms with van der Waals surface area (Å²) in [5.41, 5.74) is 0.811. The highest BCUT2D eigenvalue weighted by Gasteiger charge is 2.45. The third-order valence-electron chi connectivity index (χ3n) is 2.22. The highest BCUT2D eigenvalue weighted by Crippen LogP contribution is 2.41. The van der Waals surface area contributed by atoms with Gasteiger partial charge in [-0.1, -0.05) is 5.21 Å². The highest BCUT2D eigenvalue weighted by molar-refractivity contribution is 5.02. The lowest BCUT2D eigenvalue weighted by Crippen LogP contribution is -2.21. The Kier molecular flexibility index (Phi) is 1.26. The smallest absolute Gasteiger partial charge is 0.0876 e. The first-order valence-electron chi connectivity index (χ1n) is 3.77. The molecule has 0 aromatic carbocycles. The maximum absolute atomic E-state index is 9.03. The minimum atomic E-state index is -0.0960. The van der Waals surface area contributed by atoms with Crippen molar-refractivity contribution >= 4 is 0 Å². The molecule has 0 unspecified atom stereocenters. The molecule has 1 aromatic heterocycles. The summed E-state index contributed by atoms with van der Waals surface area (Å²) in [4.78, 5) is 0. The molecule has 2 rings (SSSR count). The van der Waals surface area contributed by atoms with E-state index in [2.05, 4.69) is 10.3 Å². The number of aryl methyl sites for hydroxylation is 1. The minimum absolute atomic E-state index is 0.0960. The average molecular weight is 153 g/mol. The number of nitrogens with zero attached hydrogens (tertiary/aromatic N) is 3. The molecule has 4 heteroatoms. The Morgan fingerprint density at radius 1 is 1.73 bits per heavy atom. The number of hydrogen-bond acceptors (Lipinski definition) is 3. The monoisotopic (exact) mass is 153 g/mol. The molecule has 1 saturated carbocycles. The summed E-state index contributed by atoms with van der Waals surface area (Å²) in [6, 6.07) is 0. The Labute approximate surface area is 64.8 Å². The molecule has 1 fully saturated rings. The summed E-state index contributed by atoms with van der Waals surface area (Å²) < 4.78 is 1.78. The molecule has 1 heterocycles. The second-order valence-electron chi connectivity index (χ2n) is 3.19. The molecule has 0 atom stereocenters. The lowest BCUT2D eigenvalue weighted by Gasteiger charge is -2.09. The van der Waals surface area contributed by atoms with Crippen LogP contribution in [-0.4, -0.2) is 26.7 Å². The molecule has 0 spiro atoms. The van der Waals surface area contributed by atoms with E-state index in [1.54, 1.807) is 4.68 Å². The van der Waals surface area contributed by atoms with Gasteiger partial charge in [0.05, 0.1) is 17.8 Å². The van der Waals surface area contributed by atoms with Gasteiger partial charge in [0.1, 0.15) is 0 Å². The quantitative estimate of drug-likeness (QED) is 0.654. The van der Waals surface area contributed by atoms with Gasteiger partial charge in [0.15, 0.2) is 0 Å². The van der Waals surface area contributed by atoms with E-state index in [4.69, 9.17) is 5.11 Å². The van der Waals surface area contributed by atoms with E-state index in [1.165, 1.54) is 0 Å². The topological polar surface area (TPSA) is 50.9 Å². The van der Waals surface area contributed by atoms with E-state index >= 15 is 0 Å². The van der Waals surface area contributed by atoms with Gasteiger partial charge in [0.2, 0.25) is 0 Å². The van der Waals surface area contributed by atoms with Crippen molar-refractivity contribution in [2.45, 2.75) is 25.3 Å². The molecule has 1 aliphatic carbocycles. The molecule has 0 radical (unpaired) electrons. The number of aromatic nitrogens is 3. The molecule has 0 aliphatic heterocycles. The van der Waals surface area contributed by atoms with E-state index in [-0.39, 0.29) is 12.1 Å². The van der Waals surface area contributed by atoms with Gasteiger partial charge in [0.25, 0.3) is 0 Å². The van der Waals surface area contributed by atoms with Crippen LogP contribution in [-0.2, 0) is 5.54 Å². The van der Waals surface area contributed by atoms with E-state index in [0.29, 0.717) is 0 Å². The maximum atomic E-state index is 9.03. The van der Waals surface area contributed by atoms with Gasteiger partial charge in [-0.3, -0.25) is 0 Å². The third-order valence-corrected chi connectivity index (χ3v) is 2.22. The second-order valence-corrected chi connectivity index (χ2v) is 3.19. The second kappa shape index (κ2) is 2.04. The Balaban J connectivity index is 2.29. The molecule has 60 valence electrons. The normalized spacial score (nSPS) is 20.2. The van der Waals surface area contributed by atoms with Crippen LogP contribution in [0.4, 0.5) is 0 Å². The van der Waals surface area contributed by atoms with Crippen LogP contribution in [0, 0.1) is 6.92 Å². The van der Waals surface area contributed by atoms with Gasteiger partial charge in [-0.05, 0) is 19.8 Å². The van der Waals surface area contributed by atoms with E-state index < -0.39 is 0 Å². The van der Waals surface area contributed by atoms with Gasteiger partial charge >= 0.3 is 0 Å². The van der Waals surface area contributed by atoms with Crippen molar-refractivity contribution in [3.63, 3.8) is 0 Å². The number of hydrogen-bond donors (Lipinski definition) is 1. The molecular weight excluding hydrogens is 142 g/mol. The SMILES string of the molecule is Cc1cn(C2(CO)CC2)nn1. The summed E-state index contributed by atoms with van der Waals surface area (Å²) in [6.07, 6.45) is 3.92. The first-order chi connectivity index (χ1) is 5.27. The van der Waals surface area contributed by atoms with Crippen LogP contribution in [0.1, 0.15) is 18.5 Å². The van der Waals surface area contributed by atoms with Crippen LogP contribution < -0.4 is 0 Å². The van der Waals surface area contributed by atoms with Gasteiger partial charge in [-0.25, -0.2) is 4.68 Å². The molecule has 11 heavy (non-hydrogen) atoms. The third kappa shape index (κ3) is 0.939. The first-order valence-corrected chi connectivity index (χ1v) is 3.77. The molecule has 0 saturated heterocycles. The largest absolute Gasteiger partial charge is 0.394 e. The maximum Gasteiger partial charge on any atom is 0.0876 e. The fourth-order valence-corrected chi connectivity index (χ4v) is 1.18. The lowest BCUT2D eigenvalue weighted by molar-refractivity contribution is 0.200. The minimum Gasteiger partial charge on any atom is -0.394 e. The van der Waals surface area contributed by atoms with Crippen LogP contribution in [0.5, 0.6) is 0 Å². The van der Waals surface area contributed by atoms with Gasteiger partial charge in [-0.2, -0.15) is 0 Å². The zero-order valence-electron chi connectivity index (χ0n) is 6.49. The van der Waals surface area contributed by atoms with Crippen molar-refractivity contribution in [1.29, 1.82) is 0 Å². The highest BCUT2D eigenvalue weighted by atomic mass is 16.3. The molecule has 0 amide bonds. The summed E-state index contributed by atoms with van der Waals surface area (Å²) in [6.45, 7) is 2.08. The van der Waals surface area contributed by atoms with Crippen LogP contribution in [0.3, 0.4) is 0 Å². The molecule has 4 nitrogen and oxygen atoms in total. The predicted octanol–water partition coefficient (Wildman–Crippen LogP) is 0.0679. The Bertz CT molecular complexity index is 264. The average Bonchev–Trinajstić information content (AvgIpc) is 2.70. The van der Waals surface area contributed by atoms with Gasteiger partial charge < -0.3 is 5.11 Å². The fourth-order valence-electron chi connectivity index (χ4n) is 1.18. The molecule has 1 N–H and O–H groups in total. The Morgan fingerprint density at radius 2 is 2.45 bits per heavy atom. The fraction of sp³-hybridized carbons (Fsp3) is 0.714. The Hall–Kier alpha value is -0.900. The van der Waals surface area contributed by atoms with Gasteiger partial charge in [0, 0.05) is 6.20 Å². The van der Waals surface area contributed by atoms with E-state index in [0.717, 1.165) is 18.5 Å². The summed E-state index contributed by atoms with van der Waals surface area (Å²) >= 11 is 0. The number of rotatable bonds is 2. The summed E-state index contributed by atoms with van der Waals surface area (Å²) in [5.74, 6) is 0. The van der Waals surface area contributed by atoms with Crippen molar-refractivity contribution in [2.75, 3.05) is 6.61 Å². The number of aliphatic hydroxyl groups excluding tert-OH is 1. The standard InChI is InChI=1S/C7H11N3O/c1-6-4-10(9-8-6)7(5-11)2-3-7/h4,11H,2-3,5H2,1H3. The zero-order valence-corrected chi connectivity index (χ0v) is 6.49. The first kappa shape index (κ1) is 6.79. The van der Waals surface area contributed by atoms with Crippen molar-refractivity contribution in [3.05, 3.63) is 11.9 Å². The van der Waals surface area contributed by atoms with Crippen molar-refractivity contribution in [2.24, 2.45) is 0 Å². The van der Waals surface area contributed by atoms with Crippen molar-refractivity contribution in [3.8, 4) is 0 Å². The Morgan fingerprint density at radius 3 is 2.82 bits per heavy atom. The summed E-state index contributed by atoms with van der Waals surface area (Å²) in [7, 11) is 0. The molecule has 0 bridgehead atoms. The predicted molar refractivity (Wildman–Crippen MR) is 39.1 cm³/mol. The van der Waals surface area contributed by atoms with Crippen LogP contribution >= 0.6 is 0 Å². The van der Waals surface area contributed by atoms with E-state index in [9.17, 15) is 0 Å². The molecule has 1 aliphatic rings. The molecule has 1 aromatic rings. The zero-order chi connectivity index (χ0) is 7.90. The van der Waals surface area contributed by atoms with Crippen LogP contribution in [0.25, 0.3) is 0 Å². The van der Waals surface area contributed by atoms with E-state index in [1.807, 2.05) is 13.1 Å².